The van der Waals surface area contributed by atoms with Crippen LogP contribution in [-0.2, 0) is 11.3 Å². The van der Waals surface area contributed by atoms with Crippen molar-refractivity contribution in [1.82, 2.24) is 10.6 Å². The van der Waals surface area contributed by atoms with Crippen molar-refractivity contribution in [2.75, 3.05) is 13.1 Å². The van der Waals surface area contributed by atoms with Crippen LogP contribution in [0.3, 0.4) is 0 Å². The number of fused-ring (bicyclic) bond motifs is 1. The van der Waals surface area contributed by atoms with Crippen molar-refractivity contribution in [3.63, 3.8) is 0 Å². The summed E-state index contributed by atoms with van der Waals surface area (Å²) in [5.41, 5.74) is 1.23. The minimum atomic E-state index is 0.0656. The summed E-state index contributed by atoms with van der Waals surface area (Å²) < 4.78 is 0. The molecular weight excluding hydrogens is 260 g/mol. The second-order valence-corrected chi connectivity index (χ2v) is 5.77. The van der Waals surface area contributed by atoms with Crippen LogP contribution in [0.2, 0.25) is 0 Å². The minimum absolute atomic E-state index is 0.0656. The summed E-state index contributed by atoms with van der Waals surface area (Å²) in [6.45, 7) is 6.14. The van der Waals surface area contributed by atoms with Gasteiger partial charge in [-0.2, -0.15) is 0 Å². The number of hydrogen-bond acceptors (Lipinski definition) is 2. The van der Waals surface area contributed by atoms with Gasteiger partial charge in [0.2, 0.25) is 5.91 Å². The highest BCUT2D eigenvalue weighted by molar-refractivity contribution is 5.85. The number of nitrogens with one attached hydrogen (secondary N) is 2. The quantitative estimate of drug-likeness (QED) is 0.820. The monoisotopic (exact) mass is 284 g/mol. The van der Waals surface area contributed by atoms with Crippen molar-refractivity contribution in [3.05, 3.63) is 48.0 Å². The third-order valence-corrected chi connectivity index (χ3v) is 3.52. The van der Waals surface area contributed by atoms with E-state index in [1.807, 2.05) is 12.1 Å². The molecule has 1 amide bonds. The van der Waals surface area contributed by atoms with E-state index in [2.05, 4.69) is 54.8 Å². The summed E-state index contributed by atoms with van der Waals surface area (Å²) in [5, 5.41) is 8.63. The van der Waals surface area contributed by atoms with E-state index in [0.717, 1.165) is 13.0 Å². The molecule has 0 fully saturated rings. The van der Waals surface area contributed by atoms with Crippen molar-refractivity contribution in [1.29, 1.82) is 0 Å². The van der Waals surface area contributed by atoms with Crippen LogP contribution in [0.1, 0.15) is 25.8 Å². The fraction of sp³-hybridized carbons (Fsp3) is 0.389. The van der Waals surface area contributed by atoms with Crippen molar-refractivity contribution < 1.29 is 4.79 Å². The van der Waals surface area contributed by atoms with Crippen molar-refractivity contribution in [2.45, 2.75) is 26.8 Å². The maximum atomic E-state index is 11.7. The largest absolute Gasteiger partial charge is 0.355 e. The Kier molecular flexibility index (Phi) is 5.76. The van der Waals surface area contributed by atoms with Gasteiger partial charge in [0.25, 0.3) is 0 Å². The molecule has 0 unspecified atom stereocenters. The summed E-state index contributed by atoms with van der Waals surface area (Å²) in [7, 11) is 0. The lowest BCUT2D eigenvalue weighted by Gasteiger charge is -2.09. The molecule has 0 aliphatic carbocycles. The number of amides is 1. The van der Waals surface area contributed by atoms with E-state index in [0.29, 0.717) is 19.0 Å². The average molecular weight is 284 g/mol. The van der Waals surface area contributed by atoms with Crippen LogP contribution < -0.4 is 10.6 Å². The van der Waals surface area contributed by atoms with Gasteiger partial charge in [0, 0.05) is 13.1 Å². The molecule has 0 aliphatic heterocycles. The van der Waals surface area contributed by atoms with Gasteiger partial charge in [-0.05, 0) is 28.7 Å². The van der Waals surface area contributed by atoms with E-state index in [4.69, 9.17) is 0 Å². The maximum Gasteiger partial charge on any atom is 0.233 e. The second kappa shape index (κ2) is 7.79. The van der Waals surface area contributed by atoms with Crippen molar-refractivity contribution >= 4 is 16.7 Å². The highest BCUT2D eigenvalue weighted by atomic mass is 16.1. The van der Waals surface area contributed by atoms with Crippen LogP contribution in [0.25, 0.3) is 10.8 Å². The Morgan fingerprint density at radius 2 is 1.86 bits per heavy atom. The van der Waals surface area contributed by atoms with E-state index >= 15 is 0 Å². The molecule has 2 rings (SSSR count). The zero-order valence-corrected chi connectivity index (χ0v) is 12.9. The maximum absolute atomic E-state index is 11.7. The summed E-state index contributed by atoms with van der Waals surface area (Å²) in [5.74, 6) is 0.685. The summed E-state index contributed by atoms with van der Waals surface area (Å²) in [6, 6.07) is 14.6. The van der Waals surface area contributed by atoms with E-state index < -0.39 is 0 Å². The molecule has 21 heavy (non-hydrogen) atoms. The topological polar surface area (TPSA) is 41.1 Å². The number of benzene rings is 2. The van der Waals surface area contributed by atoms with Gasteiger partial charge in [-0.25, -0.2) is 0 Å². The highest BCUT2D eigenvalue weighted by Crippen LogP contribution is 2.17. The van der Waals surface area contributed by atoms with Crippen LogP contribution >= 0.6 is 0 Å². The first-order valence-electron chi connectivity index (χ1n) is 7.61. The molecule has 0 radical (unpaired) electrons. The smallest absolute Gasteiger partial charge is 0.233 e. The molecule has 0 aromatic heterocycles. The minimum Gasteiger partial charge on any atom is -0.355 e. The van der Waals surface area contributed by atoms with Gasteiger partial charge >= 0.3 is 0 Å². The van der Waals surface area contributed by atoms with Gasteiger partial charge in [0.05, 0.1) is 6.54 Å². The Labute approximate surface area is 126 Å². The molecule has 2 N–H and O–H groups in total. The summed E-state index contributed by atoms with van der Waals surface area (Å²) >= 11 is 0. The van der Waals surface area contributed by atoms with Crippen LogP contribution in [0.5, 0.6) is 0 Å². The Morgan fingerprint density at radius 1 is 1.10 bits per heavy atom. The molecular formula is C18H24N2O. The molecule has 2 aromatic rings. The third-order valence-electron chi connectivity index (χ3n) is 3.52. The highest BCUT2D eigenvalue weighted by Gasteiger charge is 2.03. The molecule has 0 spiro atoms. The SMILES string of the molecule is CC(C)CCNC(=O)CNCc1cccc2ccccc12. The Hall–Kier alpha value is -1.87. The fourth-order valence-electron chi connectivity index (χ4n) is 2.32. The first kappa shape index (κ1) is 15.5. The lowest BCUT2D eigenvalue weighted by Crippen LogP contribution is -2.34. The lowest BCUT2D eigenvalue weighted by atomic mass is 10.0. The molecule has 0 aliphatic rings. The van der Waals surface area contributed by atoms with Crippen molar-refractivity contribution in [3.8, 4) is 0 Å². The Morgan fingerprint density at radius 3 is 2.67 bits per heavy atom. The first-order chi connectivity index (χ1) is 10.2. The lowest BCUT2D eigenvalue weighted by molar-refractivity contribution is -0.120. The second-order valence-electron chi connectivity index (χ2n) is 5.77. The molecule has 3 nitrogen and oxygen atoms in total. The Bertz CT molecular complexity index is 587. The van der Waals surface area contributed by atoms with Crippen LogP contribution in [0.15, 0.2) is 42.5 Å². The molecule has 0 saturated carbocycles. The standard InChI is InChI=1S/C18H24N2O/c1-14(2)10-11-20-18(21)13-19-12-16-8-5-7-15-6-3-4-9-17(15)16/h3-9,14,19H,10-13H2,1-2H3,(H,20,21). The molecule has 2 aromatic carbocycles. The number of carbonyl (C=O) groups excluding carboxylic acids is 1. The molecule has 0 atom stereocenters. The number of rotatable bonds is 7. The van der Waals surface area contributed by atoms with E-state index in [-0.39, 0.29) is 5.91 Å². The van der Waals surface area contributed by atoms with E-state index in [1.165, 1.54) is 16.3 Å². The predicted octanol–water partition coefficient (Wildman–Crippen LogP) is 3.09. The van der Waals surface area contributed by atoms with Gasteiger partial charge in [-0.15, -0.1) is 0 Å². The van der Waals surface area contributed by atoms with Gasteiger partial charge in [0.15, 0.2) is 0 Å². The van der Waals surface area contributed by atoms with Crippen LogP contribution in [-0.4, -0.2) is 19.0 Å². The Balaban J connectivity index is 1.81. The number of hydrogen-bond donors (Lipinski definition) is 2. The van der Waals surface area contributed by atoms with Crippen LogP contribution in [0, 0.1) is 5.92 Å². The molecule has 112 valence electrons. The zero-order valence-electron chi connectivity index (χ0n) is 12.9. The zero-order chi connectivity index (χ0) is 15.1. The van der Waals surface area contributed by atoms with Gasteiger partial charge in [-0.1, -0.05) is 56.3 Å². The predicted molar refractivity (Wildman–Crippen MR) is 88.1 cm³/mol. The van der Waals surface area contributed by atoms with Gasteiger partial charge in [0.1, 0.15) is 0 Å². The molecule has 0 heterocycles. The average Bonchev–Trinajstić information content (AvgIpc) is 2.47. The van der Waals surface area contributed by atoms with Gasteiger partial charge in [-0.3, -0.25) is 4.79 Å². The van der Waals surface area contributed by atoms with Crippen molar-refractivity contribution in [2.24, 2.45) is 5.92 Å². The fourth-order valence-corrected chi connectivity index (χ4v) is 2.32. The third kappa shape index (κ3) is 4.87. The molecule has 0 saturated heterocycles. The first-order valence-corrected chi connectivity index (χ1v) is 7.61. The molecule has 0 bridgehead atoms. The van der Waals surface area contributed by atoms with E-state index in [1.54, 1.807) is 0 Å². The summed E-state index contributed by atoms with van der Waals surface area (Å²) in [6.07, 6.45) is 1.02. The van der Waals surface area contributed by atoms with E-state index in [9.17, 15) is 4.79 Å². The van der Waals surface area contributed by atoms with Crippen LogP contribution in [0.4, 0.5) is 0 Å². The van der Waals surface area contributed by atoms with Gasteiger partial charge < -0.3 is 10.6 Å². The normalized spacial score (nSPS) is 11.0. The summed E-state index contributed by atoms with van der Waals surface area (Å²) in [4.78, 5) is 11.7. The number of carbonyl (C=O) groups is 1. The molecule has 3 heteroatoms.